The van der Waals surface area contributed by atoms with Gasteiger partial charge in [-0.05, 0) is 43.5 Å². The number of nitrogens with one attached hydrogen (secondary N) is 2. The van der Waals surface area contributed by atoms with Crippen molar-refractivity contribution in [2.75, 3.05) is 12.4 Å². The van der Waals surface area contributed by atoms with Crippen LogP contribution in [0.15, 0.2) is 42.5 Å². The summed E-state index contributed by atoms with van der Waals surface area (Å²) in [6.45, 7) is 6.19. The Morgan fingerprint density at radius 3 is 2.31 bits per heavy atom. The summed E-state index contributed by atoms with van der Waals surface area (Å²) in [5.41, 5.74) is 2.64. The van der Waals surface area contributed by atoms with Crippen molar-refractivity contribution in [2.24, 2.45) is 0 Å². The van der Waals surface area contributed by atoms with Gasteiger partial charge in [0, 0.05) is 16.6 Å². The van der Waals surface area contributed by atoms with Crippen LogP contribution in [0.3, 0.4) is 0 Å². The molecule has 0 bridgehead atoms. The van der Waals surface area contributed by atoms with Gasteiger partial charge in [-0.1, -0.05) is 38.1 Å². The van der Waals surface area contributed by atoms with Gasteiger partial charge in [0.1, 0.15) is 5.82 Å². The van der Waals surface area contributed by atoms with E-state index in [9.17, 15) is 4.39 Å². The third-order valence-corrected chi connectivity index (χ3v) is 4.26. The van der Waals surface area contributed by atoms with Gasteiger partial charge in [0.15, 0.2) is 0 Å². The number of halogens is 2. The SMILES string of the molecule is CNC(C)Nc1nc(-c2ccc(F)c3ccccc23)cc(C(C)C)n1.Cl. The number of aromatic nitrogens is 2. The van der Waals surface area contributed by atoms with Gasteiger partial charge < -0.3 is 10.6 Å². The zero-order valence-electron chi connectivity index (χ0n) is 15.4. The van der Waals surface area contributed by atoms with E-state index in [1.54, 1.807) is 12.1 Å². The third-order valence-electron chi connectivity index (χ3n) is 4.26. The van der Waals surface area contributed by atoms with Gasteiger partial charge in [-0.15, -0.1) is 12.4 Å². The van der Waals surface area contributed by atoms with Crippen LogP contribution in [0.1, 0.15) is 32.4 Å². The lowest BCUT2D eigenvalue weighted by Gasteiger charge is -2.16. The third kappa shape index (κ3) is 4.11. The van der Waals surface area contributed by atoms with Gasteiger partial charge in [-0.2, -0.15) is 0 Å². The topological polar surface area (TPSA) is 49.8 Å². The molecule has 2 N–H and O–H groups in total. The molecule has 26 heavy (non-hydrogen) atoms. The van der Waals surface area contributed by atoms with E-state index in [1.807, 2.05) is 38.2 Å². The fourth-order valence-electron chi connectivity index (χ4n) is 2.72. The molecular formula is C20H24ClFN4. The van der Waals surface area contributed by atoms with E-state index in [4.69, 9.17) is 0 Å². The first kappa shape index (κ1) is 20.1. The lowest BCUT2D eigenvalue weighted by molar-refractivity contribution is 0.640. The molecule has 0 amide bonds. The van der Waals surface area contributed by atoms with E-state index in [0.29, 0.717) is 11.3 Å². The van der Waals surface area contributed by atoms with E-state index in [-0.39, 0.29) is 30.3 Å². The summed E-state index contributed by atoms with van der Waals surface area (Å²) in [7, 11) is 1.87. The van der Waals surface area contributed by atoms with Gasteiger partial charge in [0.25, 0.3) is 0 Å². The lowest BCUT2D eigenvalue weighted by Crippen LogP contribution is -2.30. The van der Waals surface area contributed by atoms with Crippen molar-refractivity contribution in [2.45, 2.75) is 32.9 Å². The molecular weight excluding hydrogens is 351 g/mol. The highest BCUT2D eigenvalue weighted by Crippen LogP contribution is 2.31. The molecule has 0 aliphatic carbocycles. The molecule has 0 spiro atoms. The van der Waals surface area contributed by atoms with Crippen molar-refractivity contribution in [3.63, 3.8) is 0 Å². The quantitative estimate of drug-likeness (QED) is 0.620. The molecule has 6 heteroatoms. The van der Waals surface area contributed by atoms with Crippen molar-refractivity contribution in [1.29, 1.82) is 0 Å². The monoisotopic (exact) mass is 374 g/mol. The average molecular weight is 375 g/mol. The highest BCUT2D eigenvalue weighted by atomic mass is 35.5. The molecule has 0 fully saturated rings. The second-order valence-electron chi connectivity index (χ2n) is 6.45. The van der Waals surface area contributed by atoms with Gasteiger partial charge >= 0.3 is 0 Å². The average Bonchev–Trinajstić information content (AvgIpc) is 2.61. The Kier molecular flexibility index (Phi) is 6.51. The number of benzene rings is 2. The van der Waals surface area contributed by atoms with Gasteiger partial charge in [0.2, 0.25) is 5.95 Å². The standard InChI is InChI=1S/C20H23FN4.ClH/c1-12(2)18-11-19(25-20(24-18)23-13(3)22-4)16-9-10-17(21)15-8-6-5-7-14(15)16;/h5-13,22H,1-4H3,(H,23,24,25);1H. The first-order chi connectivity index (χ1) is 12.0. The molecule has 1 heterocycles. The molecule has 3 aromatic rings. The number of nitrogens with zero attached hydrogens (tertiary/aromatic N) is 2. The first-order valence-electron chi connectivity index (χ1n) is 8.50. The predicted molar refractivity (Wildman–Crippen MR) is 108 cm³/mol. The van der Waals surface area contributed by atoms with Crippen LogP contribution in [0.5, 0.6) is 0 Å². The maximum absolute atomic E-state index is 14.1. The number of anilines is 1. The second-order valence-corrected chi connectivity index (χ2v) is 6.45. The van der Waals surface area contributed by atoms with Crippen LogP contribution in [-0.4, -0.2) is 23.2 Å². The summed E-state index contributed by atoms with van der Waals surface area (Å²) in [5, 5.41) is 7.82. The van der Waals surface area contributed by atoms with Crippen LogP contribution in [0.2, 0.25) is 0 Å². The van der Waals surface area contributed by atoms with Crippen molar-refractivity contribution >= 4 is 29.1 Å². The van der Waals surface area contributed by atoms with Crippen LogP contribution < -0.4 is 10.6 Å². The largest absolute Gasteiger partial charge is 0.339 e. The zero-order chi connectivity index (χ0) is 18.0. The molecule has 0 aliphatic rings. The molecule has 0 aliphatic heterocycles. The molecule has 0 saturated heterocycles. The van der Waals surface area contributed by atoms with Gasteiger partial charge in [-0.25, -0.2) is 14.4 Å². The van der Waals surface area contributed by atoms with Gasteiger partial charge in [-0.3, -0.25) is 0 Å². The molecule has 1 aromatic heterocycles. The van der Waals surface area contributed by atoms with Crippen molar-refractivity contribution in [1.82, 2.24) is 15.3 Å². The van der Waals surface area contributed by atoms with E-state index in [2.05, 4.69) is 34.4 Å². The Morgan fingerprint density at radius 1 is 0.962 bits per heavy atom. The summed E-state index contributed by atoms with van der Waals surface area (Å²) in [4.78, 5) is 9.28. The fourth-order valence-corrected chi connectivity index (χ4v) is 2.72. The molecule has 3 rings (SSSR count). The lowest BCUT2D eigenvalue weighted by atomic mass is 10.00. The Bertz CT molecular complexity index is 898. The summed E-state index contributed by atoms with van der Waals surface area (Å²) in [6.07, 6.45) is 0.0419. The summed E-state index contributed by atoms with van der Waals surface area (Å²) in [5.74, 6) is 0.606. The van der Waals surface area contributed by atoms with Crippen molar-refractivity contribution < 1.29 is 4.39 Å². The number of rotatable bonds is 5. The minimum atomic E-state index is -0.223. The minimum absolute atomic E-state index is 0. The molecule has 0 saturated carbocycles. The highest BCUT2D eigenvalue weighted by Gasteiger charge is 2.14. The summed E-state index contributed by atoms with van der Waals surface area (Å²) < 4.78 is 14.1. The molecule has 2 aromatic carbocycles. The van der Waals surface area contributed by atoms with Crippen molar-refractivity contribution in [3.05, 3.63) is 54.0 Å². The number of hydrogen-bond acceptors (Lipinski definition) is 4. The normalized spacial score (nSPS) is 12.1. The smallest absolute Gasteiger partial charge is 0.224 e. The molecule has 138 valence electrons. The summed E-state index contributed by atoms with van der Waals surface area (Å²) >= 11 is 0. The fraction of sp³-hybridized carbons (Fsp3) is 0.300. The van der Waals surface area contributed by atoms with Crippen LogP contribution in [-0.2, 0) is 0 Å². The first-order valence-corrected chi connectivity index (χ1v) is 8.50. The zero-order valence-corrected chi connectivity index (χ0v) is 16.2. The predicted octanol–water partition coefficient (Wildman–Crippen LogP) is 4.96. The van der Waals surface area contributed by atoms with E-state index in [1.165, 1.54) is 6.07 Å². The molecule has 1 atom stereocenters. The van der Waals surface area contributed by atoms with Crippen LogP contribution >= 0.6 is 12.4 Å². The Hall–Kier alpha value is -2.24. The maximum Gasteiger partial charge on any atom is 0.224 e. The second kappa shape index (κ2) is 8.43. The van der Waals surface area contributed by atoms with Crippen LogP contribution in [0.25, 0.3) is 22.0 Å². The Morgan fingerprint density at radius 2 is 1.65 bits per heavy atom. The van der Waals surface area contributed by atoms with Gasteiger partial charge in [0.05, 0.1) is 11.9 Å². The number of fused-ring (bicyclic) bond motifs is 1. The van der Waals surface area contributed by atoms with Crippen LogP contribution in [0.4, 0.5) is 10.3 Å². The van der Waals surface area contributed by atoms with E-state index >= 15 is 0 Å². The van der Waals surface area contributed by atoms with E-state index < -0.39 is 0 Å². The Balaban J connectivity index is 0.00000243. The molecule has 1 unspecified atom stereocenters. The Labute approximate surface area is 159 Å². The van der Waals surface area contributed by atoms with Crippen LogP contribution in [0, 0.1) is 5.82 Å². The van der Waals surface area contributed by atoms with Crippen molar-refractivity contribution in [3.8, 4) is 11.3 Å². The van der Waals surface area contributed by atoms with E-state index in [0.717, 1.165) is 22.3 Å². The molecule has 0 radical (unpaired) electrons. The highest BCUT2D eigenvalue weighted by molar-refractivity contribution is 5.96. The number of hydrogen-bond donors (Lipinski definition) is 2. The molecule has 4 nitrogen and oxygen atoms in total. The minimum Gasteiger partial charge on any atom is -0.339 e. The summed E-state index contributed by atoms with van der Waals surface area (Å²) in [6, 6.07) is 12.7. The maximum atomic E-state index is 14.1.